The summed E-state index contributed by atoms with van der Waals surface area (Å²) in [6.07, 6.45) is 6.94. The highest BCUT2D eigenvalue weighted by Crippen LogP contribution is 2.17. The largest absolute Gasteiger partial charge is 0.314 e. The van der Waals surface area contributed by atoms with Gasteiger partial charge in [-0.3, -0.25) is 4.98 Å². The highest BCUT2D eigenvalue weighted by atomic mass is 35.5. The van der Waals surface area contributed by atoms with E-state index in [-0.39, 0.29) is 0 Å². The summed E-state index contributed by atoms with van der Waals surface area (Å²) in [5, 5.41) is 4.33. The summed E-state index contributed by atoms with van der Waals surface area (Å²) >= 11 is 6.09. The van der Waals surface area contributed by atoms with Gasteiger partial charge in [-0.05, 0) is 43.4 Å². The van der Waals surface area contributed by atoms with Gasteiger partial charge >= 0.3 is 0 Å². The van der Waals surface area contributed by atoms with E-state index in [1.807, 2.05) is 12.3 Å². The maximum absolute atomic E-state index is 6.09. The van der Waals surface area contributed by atoms with Crippen LogP contribution in [0.3, 0.4) is 0 Å². The Kier molecular flexibility index (Phi) is 6.53. The minimum absolute atomic E-state index is 0.612. The van der Waals surface area contributed by atoms with E-state index in [9.17, 15) is 0 Å². The van der Waals surface area contributed by atoms with E-state index >= 15 is 0 Å². The molecule has 0 aliphatic rings. The number of nitrogens with one attached hydrogen (secondary N) is 1. The molecular formula is C14H23ClN2. The monoisotopic (exact) mass is 254 g/mol. The summed E-state index contributed by atoms with van der Waals surface area (Å²) < 4.78 is 0. The third-order valence-electron chi connectivity index (χ3n) is 3.09. The predicted octanol–water partition coefficient (Wildman–Crippen LogP) is 3.69. The molecule has 1 unspecified atom stereocenters. The highest BCUT2D eigenvalue weighted by Gasteiger charge is 2.11. The summed E-state index contributed by atoms with van der Waals surface area (Å²) in [6, 6.07) is 2.63. The molecule has 0 spiro atoms. The lowest BCUT2D eigenvalue weighted by Gasteiger charge is -2.21. The fourth-order valence-corrected chi connectivity index (χ4v) is 2.27. The summed E-state index contributed by atoms with van der Waals surface area (Å²) in [7, 11) is 0. The van der Waals surface area contributed by atoms with Crippen molar-refractivity contribution < 1.29 is 0 Å². The fourth-order valence-electron chi connectivity index (χ4n) is 2.05. The van der Waals surface area contributed by atoms with Gasteiger partial charge in [0.2, 0.25) is 0 Å². The third-order valence-corrected chi connectivity index (χ3v) is 3.43. The minimum Gasteiger partial charge on any atom is -0.314 e. The van der Waals surface area contributed by atoms with Gasteiger partial charge in [0.05, 0.1) is 5.02 Å². The fraction of sp³-hybridized carbons (Fsp3) is 0.643. The first-order chi connectivity index (χ1) is 8.15. The Hall–Kier alpha value is -0.600. The summed E-state index contributed by atoms with van der Waals surface area (Å²) in [5.74, 6) is 0.683. The van der Waals surface area contributed by atoms with Crippen LogP contribution in [-0.2, 0) is 6.42 Å². The zero-order chi connectivity index (χ0) is 12.7. The molecule has 0 bridgehead atoms. The van der Waals surface area contributed by atoms with Crippen molar-refractivity contribution in [2.45, 2.75) is 46.1 Å². The van der Waals surface area contributed by atoms with Gasteiger partial charge in [-0.1, -0.05) is 32.4 Å². The molecule has 0 fully saturated rings. The van der Waals surface area contributed by atoms with Gasteiger partial charge in [-0.2, -0.15) is 0 Å². The van der Waals surface area contributed by atoms with Crippen LogP contribution in [0.5, 0.6) is 0 Å². The molecule has 0 aliphatic heterocycles. The maximum atomic E-state index is 6.09. The first kappa shape index (κ1) is 14.5. The second-order valence-corrected chi connectivity index (χ2v) is 5.17. The van der Waals surface area contributed by atoms with Gasteiger partial charge in [0.15, 0.2) is 0 Å². The number of hydrogen-bond acceptors (Lipinski definition) is 2. The summed E-state index contributed by atoms with van der Waals surface area (Å²) in [4.78, 5) is 4.00. The molecule has 0 saturated carbocycles. The van der Waals surface area contributed by atoms with Crippen molar-refractivity contribution in [3.63, 3.8) is 0 Å². The van der Waals surface area contributed by atoms with Crippen molar-refractivity contribution in [1.29, 1.82) is 0 Å². The van der Waals surface area contributed by atoms with Crippen molar-refractivity contribution in [3.05, 3.63) is 29.0 Å². The van der Waals surface area contributed by atoms with Crippen LogP contribution < -0.4 is 5.32 Å². The van der Waals surface area contributed by atoms with Gasteiger partial charge < -0.3 is 5.32 Å². The first-order valence-corrected chi connectivity index (χ1v) is 6.84. The van der Waals surface area contributed by atoms with E-state index in [0.29, 0.717) is 12.0 Å². The molecule has 1 aromatic rings. The Bertz CT molecular complexity index is 326. The number of aromatic nitrogens is 1. The average Bonchev–Trinajstić information content (AvgIpc) is 2.30. The van der Waals surface area contributed by atoms with Crippen LogP contribution in [0.2, 0.25) is 5.02 Å². The first-order valence-electron chi connectivity index (χ1n) is 6.47. The van der Waals surface area contributed by atoms with E-state index < -0.39 is 0 Å². The van der Waals surface area contributed by atoms with E-state index in [4.69, 9.17) is 11.6 Å². The Morgan fingerprint density at radius 1 is 1.41 bits per heavy atom. The molecule has 1 aromatic heterocycles. The van der Waals surface area contributed by atoms with Gasteiger partial charge in [0.1, 0.15) is 0 Å². The molecule has 1 heterocycles. The lowest BCUT2D eigenvalue weighted by molar-refractivity contribution is 0.377. The van der Waals surface area contributed by atoms with E-state index in [1.165, 1.54) is 18.4 Å². The van der Waals surface area contributed by atoms with Gasteiger partial charge in [-0.15, -0.1) is 0 Å². The zero-order valence-corrected chi connectivity index (χ0v) is 11.8. The van der Waals surface area contributed by atoms with E-state index in [2.05, 4.69) is 31.1 Å². The molecule has 1 atom stereocenters. The quantitative estimate of drug-likeness (QED) is 0.803. The highest BCUT2D eigenvalue weighted by molar-refractivity contribution is 6.31. The predicted molar refractivity (Wildman–Crippen MR) is 74.5 cm³/mol. The molecule has 1 N–H and O–H groups in total. The lowest BCUT2D eigenvalue weighted by Crippen LogP contribution is -2.33. The van der Waals surface area contributed by atoms with Gasteiger partial charge in [0.25, 0.3) is 0 Å². The number of rotatable bonds is 7. The number of halogens is 1. The Morgan fingerprint density at radius 2 is 2.18 bits per heavy atom. The summed E-state index contributed by atoms with van der Waals surface area (Å²) in [6.45, 7) is 7.74. The van der Waals surface area contributed by atoms with Crippen molar-refractivity contribution in [2.75, 3.05) is 6.54 Å². The van der Waals surface area contributed by atoms with Crippen molar-refractivity contribution >= 4 is 11.6 Å². The van der Waals surface area contributed by atoms with Crippen LogP contribution in [-0.4, -0.2) is 17.6 Å². The maximum Gasteiger partial charge on any atom is 0.0621 e. The number of aryl methyl sites for hydroxylation is 1. The molecule has 1 rings (SSSR count). The molecular weight excluding hydrogens is 232 g/mol. The molecule has 0 saturated heterocycles. The minimum atomic E-state index is 0.612. The second kappa shape index (κ2) is 7.67. The van der Waals surface area contributed by atoms with E-state index in [0.717, 1.165) is 18.0 Å². The van der Waals surface area contributed by atoms with Crippen molar-refractivity contribution in [1.82, 2.24) is 10.3 Å². The topological polar surface area (TPSA) is 24.9 Å². The molecule has 3 heteroatoms. The SMILES string of the molecule is CCNC(CCCc1ccncc1Cl)C(C)C. The molecule has 0 aromatic carbocycles. The average molecular weight is 255 g/mol. The smallest absolute Gasteiger partial charge is 0.0621 e. The molecule has 0 aliphatic carbocycles. The second-order valence-electron chi connectivity index (χ2n) is 4.77. The number of pyridine rings is 1. The Labute approximate surface area is 110 Å². The number of hydrogen-bond donors (Lipinski definition) is 1. The van der Waals surface area contributed by atoms with Crippen LogP contribution in [0.4, 0.5) is 0 Å². The number of nitrogens with zero attached hydrogens (tertiary/aromatic N) is 1. The van der Waals surface area contributed by atoms with Crippen molar-refractivity contribution in [2.24, 2.45) is 5.92 Å². The van der Waals surface area contributed by atoms with Crippen LogP contribution in [0.25, 0.3) is 0 Å². The van der Waals surface area contributed by atoms with Crippen LogP contribution in [0, 0.1) is 5.92 Å². The molecule has 0 amide bonds. The lowest BCUT2D eigenvalue weighted by atomic mass is 9.97. The normalized spacial score (nSPS) is 13.0. The van der Waals surface area contributed by atoms with Crippen LogP contribution in [0.15, 0.2) is 18.5 Å². The zero-order valence-electron chi connectivity index (χ0n) is 11.0. The Morgan fingerprint density at radius 3 is 2.76 bits per heavy atom. The summed E-state index contributed by atoms with van der Waals surface area (Å²) in [5.41, 5.74) is 1.21. The van der Waals surface area contributed by atoms with Crippen molar-refractivity contribution in [3.8, 4) is 0 Å². The van der Waals surface area contributed by atoms with E-state index in [1.54, 1.807) is 6.20 Å². The molecule has 17 heavy (non-hydrogen) atoms. The van der Waals surface area contributed by atoms with Gasteiger partial charge in [-0.25, -0.2) is 0 Å². The Balaban J connectivity index is 2.38. The molecule has 2 nitrogen and oxygen atoms in total. The van der Waals surface area contributed by atoms with Crippen LogP contribution in [0.1, 0.15) is 39.2 Å². The molecule has 96 valence electrons. The molecule has 0 radical (unpaired) electrons. The standard InChI is InChI=1S/C14H23ClN2/c1-4-17-14(11(2)3)7-5-6-12-8-9-16-10-13(12)15/h8-11,14,17H,4-7H2,1-3H3. The van der Waals surface area contributed by atoms with Crippen LogP contribution >= 0.6 is 11.6 Å². The van der Waals surface area contributed by atoms with Gasteiger partial charge in [0, 0.05) is 18.4 Å². The third kappa shape index (κ3) is 5.05.